The lowest BCUT2D eigenvalue weighted by molar-refractivity contribution is 0.152. The smallest absolute Gasteiger partial charge is 0.229 e. The zero-order valence-electron chi connectivity index (χ0n) is 23.5. The van der Waals surface area contributed by atoms with Gasteiger partial charge in [-0.1, -0.05) is 28.9 Å². The highest BCUT2D eigenvalue weighted by atomic mass is 35.5. The molecule has 0 unspecified atom stereocenters. The van der Waals surface area contributed by atoms with Crippen molar-refractivity contribution in [3.63, 3.8) is 0 Å². The van der Waals surface area contributed by atoms with E-state index in [1.54, 1.807) is 49.9 Å². The van der Waals surface area contributed by atoms with Crippen LogP contribution in [0.15, 0.2) is 59.8 Å². The van der Waals surface area contributed by atoms with Crippen LogP contribution >= 0.6 is 11.6 Å². The lowest BCUT2D eigenvalue weighted by Crippen LogP contribution is -2.31. The molecule has 0 amide bonds. The first-order valence-corrected chi connectivity index (χ1v) is 15.5. The van der Waals surface area contributed by atoms with Crippen molar-refractivity contribution in [3.05, 3.63) is 65.6 Å². The van der Waals surface area contributed by atoms with Crippen molar-refractivity contribution in [2.75, 3.05) is 30.9 Å². The molecule has 0 radical (unpaired) electrons. The fourth-order valence-corrected chi connectivity index (χ4v) is 6.12. The molecule has 14 heteroatoms. The number of aliphatic hydroxyl groups is 1. The summed E-state index contributed by atoms with van der Waals surface area (Å²) in [6.45, 7) is 4.96. The van der Waals surface area contributed by atoms with E-state index in [0.29, 0.717) is 23.7 Å². The van der Waals surface area contributed by atoms with Gasteiger partial charge in [-0.3, -0.25) is 4.90 Å². The molecule has 3 heterocycles. The van der Waals surface area contributed by atoms with Crippen LogP contribution in [0.1, 0.15) is 32.4 Å². The van der Waals surface area contributed by atoms with Crippen LogP contribution in [-0.4, -0.2) is 74.9 Å². The largest absolute Gasteiger partial charge is 0.494 e. The molecule has 3 N–H and O–H groups in total. The highest BCUT2D eigenvalue weighted by Gasteiger charge is 2.25. The van der Waals surface area contributed by atoms with Crippen molar-refractivity contribution >= 4 is 44.6 Å². The number of likely N-dealkylation sites (tertiary alicyclic amines) is 1. The Morgan fingerprint density at radius 1 is 1.17 bits per heavy atom. The van der Waals surface area contributed by atoms with Crippen molar-refractivity contribution < 1.29 is 18.3 Å². The molecule has 12 nitrogen and oxygen atoms in total. The van der Waals surface area contributed by atoms with E-state index in [2.05, 4.69) is 35.8 Å². The van der Waals surface area contributed by atoms with Crippen LogP contribution in [0, 0.1) is 0 Å². The van der Waals surface area contributed by atoms with Gasteiger partial charge in [0, 0.05) is 18.7 Å². The maximum atomic E-state index is 12.9. The fraction of sp³-hybridized carbons (Fsp3) is 0.357. The lowest BCUT2D eigenvalue weighted by Gasteiger charge is -2.20. The number of ether oxygens (including phenoxy) is 1. The number of anilines is 4. The van der Waals surface area contributed by atoms with Gasteiger partial charge in [-0.05, 0) is 57.5 Å². The van der Waals surface area contributed by atoms with E-state index in [9.17, 15) is 13.5 Å². The van der Waals surface area contributed by atoms with E-state index >= 15 is 0 Å². The van der Waals surface area contributed by atoms with Gasteiger partial charge in [-0.25, -0.2) is 18.1 Å². The summed E-state index contributed by atoms with van der Waals surface area (Å²) in [4.78, 5) is 11.1. The van der Waals surface area contributed by atoms with Gasteiger partial charge in [-0.15, -0.1) is 5.10 Å². The molecule has 2 aromatic carbocycles. The summed E-state index contributed by atoms with van der Waals surface area (Å²) in [6.07, 6.45) is 5.34. The maximum Gasteiger partial charge on any atom is 0.229 e. The SMILES string of the molecule is COc1cc(-n2cc(CN3CCC[C@H]3CO)nn2)ccc1Nc1ncc(Cl)c(Nc2ccccc2S(=O)(=O)C(C)C)n1. The summed E-state index contributed by atoms with van der Waals surface area (Å²) >= 11 is 6.38. The summed E-state index contributed by atoms with van der Waals surface area (Å²) in [7, 11) is -1.99. The Bertz CT molecular complexity index is 1660. The van der Waals surface area contributed by atoms with Crippen LogP contribution in [0.2, 0.25) is 5.02 Å². The Morgan fingerprint density at radius 2 is 1.98 bits per heavy atom. The zero-order valence-corrected chi connectivity index (χ0v) is 25.1. The maximum absolute atomic E-state index is 12.9. The standard InChI is InChI=1S/C28H33ClN8O4S/c1-18(2)42(39,40)26-9-5-4-8-24(26)31-27-22(29)14-30-28(33-27)32-23-11-10-20(13-25(23)41-3)37-16-19(34-35-37)15-36-12-6-7-21(36)17-38/h4-5,8-11,13-14,16,18,21,38H,6-7,12,15,17H2,1-3H3,(H2,30,31,32,33)/t21-/m0/s1. The van der Waals surface area contributed by atoms with Gasteiger partial charge in [0.2, 0.25) is 5.95 Å². The van der Waals surface area contributed by atoms with E-state index < -0.39 is 15.1 Å². The first-order chi connectivity index (χ1) is 20.2. The van der Waals surface area contributed by atoms with E-state index in [4.69, 9.17) is 16.3 Å². The number of halogens is 1. The molecule has 4 aromatic rings. The van der Waals surface area contributed by atoms with Gasteiger partial charge in [-0.2, -0.15) is 4.98 Å². The molecule has 1 saturated heterocycles. The third-order valence-electron chi connectivity index (χ3n) is 7.12. The number of aliphatic hydroxyl groups excluding tert-OH is 1. The van der Waals surface area contributed by atoms with Crippen LogP contribution in [0.25, 0.3) is 5.69 Å². The van der Waals surface area contributed by atoms with Gasteiger partial charge in [0.1, 0.15) is 10.8 Å². The number of aromatic nitrogens is 5. The zero-order chi connectivity index (χ0) is 29.9. The summed E-state index contributed by atoms with van der Waals surface area (Å²) in [6, 6.07) is 12.3. The minimum Gasteiger partial charge on any atom is -0.494 e. The van der Waals surface area contributed by atoms with Gasteiger partial charge in [0.15, 0.2) is 15.7 Å². The highest BCUT2D eigenvalue weighted by Crippen LogP contribution is 2.33. The Balaban J connectivity index is 1.35. The molecule has 5 rings (SSSR count). The number of nitrogens with one attached hydrogen (secondary N) is 2. The van der Waals surface area contributed by atoms with Gasteiger partial charge in [0.25, 0.3) is 0 Å². The topological polar surface area (TPSA) is 147 Å². The van der Waals surface area contributed by atoms with Crippen LogP contribution in [0.4, 0.5) is 23.1 Å². The van der Waals surface area contributed by atoms with Crippen molar-refractivity contribution in [2.24, 2.45) is 0 Å². The third kappa shape index (κ3) is 6.33. The molecule has 2 aromatic heterocycles. The number of para-hydroxylation sites is 1. The molecule has 1 aliphatic rings. The number of hydrogen-bond acceptors (Lipinski definition) is 11. The number of sulfone groups is 1. The summed E-state index contributed by atoms with van der Waals surface area (Å²) in [5.41, 5.74) is 2.52. The van der Waals surface area contributed by atoms with E-state index in [1.807, 2.05) is 24.4 Å². The minimum absolute atomic E-state index is 0.141. The first kappa shape index (κ1) is 29.7. The number of hydrogen-bond donors (Lipinski definition) is 3. The lowest BCUT2D eigenvalue weighted by atomic mass is 10.2. The summed E-state index contributed by atoms with van der Waals surface area (Å²) in [5.74, 6) is 0.989. The van der Waals surface area contributed by atoms with E-state index in [1.165, 1.54) is 6.20 Å². The van der Waals surface area contributed by atoms with E-state index in [-0.39, 0.29) is 34.3 Å². The van der Waals surface area contributed by atoms with Gasteiger partial charge >= 0.3 is 0 Å². The van der Waals surface area contributed by atoms with Crippen LogP contribution in [0.3, 0.4) is 0 Å². The molecule has 1 aliphatic heterocycles. The first-order valence-electron chi connectivity index (χ1n) is 13.5. The number of methoxy groups -OCH3 is 1. The molecular weight excluding hydrogens is 580 g/mol. The second-order valence-corrected chi connectivity index (χ2v) is 13.1. The molecular formula is C28H33ClN8O4S. The van der Waals surface area contributed by atoms with Crippen molar-refractivity contribution in [2.45, 2.75) is 49.4 Å². The summed E-state index contributed by atoms with van der Waals surface area (Å²) < 4.78 is 33.1. The average Bonchev–Trinajstić information content (AvgIpc) is 3.65. The molecule has 1 atom stereocenters. The second kappa shape index (κ2) is 12.6. The Morgan fingerprint density at radius 3 is 2.74 bits per heavy atom. The second-order valence-electron chi connectivity index (χ2n) is 10.2. The predicted molar refractivity (Wildman–Crippen MR) is 161 cm³/mol. The summed E-state index contributed by atoms with van der Waals surface area (Å²) in [5, 5.41) is 24.0. The molecule has 0 bridgehead atoms. The quantitative estimate of drug-likeness (QED) is 0.222. The molecule has 222 valence electrons. The van der Waals surface area contributed by atoms with Gasteiger partial charge < -0.3 is 20.5 Å². The molecule has 0 spiro atoms. The predicted octanol–water partition coefficient (Wildman–Crippen LogP) is 4.35. The van der Waals surface area contributed by atoms with Crippen LogP contribution in [0.5, 0.6) is 5.75 Å². The van der Waals surface area contributed by atoms with Crippen LogP contribution < -0.4 is 15.4 Å². The van der Waals surface area contributed by atoms with E-state index in [0.717, 1.165) is 30.8 Å². The molecule has 0 aliphatic carbocycles. The highest BCUT2D eigenvalue weighted by molar-refractivity contribution is 7.92. The Hall–Kier alpha value is -3.78. The average molecular weight is 613 g/mol. The van der Waals surface area contributed by atoms with Crippen molar-refractivity contribution in [3.8, 4) is 11.4 Å². The number of benzene rings is 2. The third-order valence-corrected chi connectivity index (χ3v) is 9.61. The van der Waals surface area contributed by atoms with Crippen molar-refractivity contribution in [1.82, 2.24) is 29.9 Å². The fourth-order valence-electron chi connectivity index (χ4n) is 4.78. The molecule has 42 heavy (non-hydrogen) atoms. The van der Waals surface area contributed by atoms with Gasteiger partial charge in [0.05, 0.1) is 59.0 Å². The molecule has 0 saturated carbocycles. The minimum atomic E-state index is -3.55. The van der Waals surface area contributed by atoms with Crippen molar-refractivity contribution in [1.29, 1.82) is 0 Å². The number of nitrogens with zero attached hydrogens (tertiary/aromatic N) is 6. The molecule has 1 fully saturated rings. The Labute approximate surface area is 249 Å². The van der Waals surface area contributed by atoms with Crippen LogP contribution in [-0.2, 0) is 16.4 Å². The normalized spacial score (nSPS) is 15.7. The monoisotopic (exact) mass is 612 g/mol. The number of rotatable bonds is 11. The Kier molecular flexibility index (Phi) is 8.92.